The van der Waals surface area contributed by atoms with E-state index in [1.165, 1.54) is 11.1 Å². The molecule has 1 aliphatic heterocycles. The molecule has 0 saturated carbocycles. The first-order chi connectivity index (χ1) is 6.34. The molecule has 0 radical (unpaired) electrons. The van der Waals surface area contributed by atoms with E-state index < -0.39 is 0 Å². The maximum Gasteiger partial charge on any atom is 0.0854 e. The Morgan fingerprint density at radius 2 is 2.08 bits per heavy atom. The minimum atomic E-state index is 0.950. The van der Waals surface area contributed by atoms with Gasteiger partial charge in [-0.25, -0.2) is 0 Å². The van der Waals surface area contributed by atoms with Gasteiger partial charge in [0, 0.05) is 13.1 Å². The van der Waals surface area contributed by atoms with Gasteiger partial charge in [0.25, 0.3) is 0 Å². The van der Waals surface area contributed by atoms with E-state index >= 15 is 0 Å². The van der Waals surface area contributed by atoms with Crippen LogP contribution in [-0.2, 0) is 6.54 Å². The SMILES string of the molecule is Cc1ccc(CN2C=NCC2)cc1. The smallest absolute Gasteiger partial charge is 0.0854 e. The van der Waals surface area contributed by atoms with Crippen molar-refractivity contribution in [2.75, 3.05) is 13.1 Å². The molecule has 0 aliphatic carbocycles. The van der Waals surface area contributed by atoms with Crippen LogP contribution in [-0.4, -0.2) is 24.3 Å². The Labute approximate surface area is 78.9 Å². The van der Waals surface area contributed by atoms with Crippen molar-refractivity contribution in [2.24, 2.45) is 4.99 Å². The molecule has 13 heavy (non-hydrogen) atoms. The standard InChI is InChI=1S/C11H14N2/c1-10-2-4-11(5-3-10)8-13-7-6-12-9-13/h2-5,9H,6-8H2,1H3. The summed E-state index contributed by atoms with van der Waals surface area (Å²) in [7, 11) is 0. The zero-order chi connectivity index (χ0) is 9.10. The second-order valence-corrected chi connectivity index (χ2v) is 3.48. The molecular weight excluding hydrogens is 160 g/mol. The Bertz CT molecular complexity index is 300. The fourth-order valence-corrected chi connectivity index (χ4v) is 1.46. The molecule has 0 N–H and O–H groups in total. The van der Waals surface area contributed by atoms with Gasteiger partial charge in [-0.2, -0.15) is 0 Å². The molecule has 0 aromatic heterocycles. The van der Waals surface area contributed by atoms with Crippen molar-refractivity contribution in [3.63, 3.8) is 0 Å². The van der Waals surface area contributed by atoms with Crippen molar-refractivity contribution in [1.82, 2.24) is 4.90 Å². The van der Waals surface area contributed by atoms with Crippen LogP contribution in [0.2, 0.25) is 0 Å². The summed E-state index contributed by atoms with van der Waals surface area (Å²) in [5.41, 5.74) is 2.68. The molecule has 0 bridgehead atoms. The van der Waals surface area contributed by atoms with Gasteiger partial charge in [-0.1, -0.05) is 29.8 Å². The maximum absolute atomic E-state index is 4.18. The number of benzene rings is 1. The van der Waals surface area contributed by atoms with Crippen molar-refractivity contribution in [1.29, 1.82) is 0 Å². The number of aliphatic imine (C=N–C) groups is 1. The number of hydrogen-bond donors (Lipinski definition) is 0. The third-order valence-corrected chi connectivity index (χ3v) is 2.27. The summed E-state index contributed by atoms with van der Waals surface area (Å²) >= 11 is 0. The summed E-state index contributed by atoms with van der Waals surface area (Å²) in [4.78, 5) is 6.42. The normalized spacial score (nSPS) is 15.3. The van der Waals surface area contributed by atoms with Gasteiger partial charge in [-0.3, -0.25) is 4.99 Å². The second kappa shape index (κ2) is 3.60. The molecule has 68 valence electrons. The average Bonchev–Trinajstić information content (AvgIpc) is 2.62. The number of hydrogen-bond acceptors (Lipinski definition) is 2. The molecule has 1 aromatic carbocycles. The molecule has 2 heteroatoms. The topological polar surface area (TPSA) is 15.6 Å². The van der Waals surface area contributed by atoms with Gasteiger partial charge in [0.1, 0.15) is 0 Å². The van der Waals surface area contributed by atoms with E-state index in [-0.39, 0.29) is 0 Å². The van der Waals surface area contributed by atoms with Crippen molar-refractivity contribution < 1.29 is 0 Å². The monoisotopic (exact) mass is 174 g/mol. The highest BCUT2D eigenvalue weighted by atomic mass is 15.2. The fraction of sp³-hybridized carbons (Fsp3) is 0.364. The predicted octanol–water partition coefficient (Wildman–Crippen LogP) is 1.84. The Morgan fingerprint density at radius 1 is 1.31 bits per heavy atom. The maximum atomic E-state index is 4.18. The molecule has 0 fully saturated rings. The zero-order valence-electron chi connectivity index (χ0n) is 7.90. The van der Waals surface area contributed by atoms with Crippen LogP contribution >= 0.6 is 0 Å². The van der Waals surface area contributed by atoms with E-state index in [4.69, 9.17) is 0 Å². The molecule has 2 nitrogen and oxygen atoms in total. The molecule has 0 atom stereocenters. The fourth-order valence-electron chi connectivity index (χ4n) is 1.46. The highest BCUT2D eigenvalue weighted by Crippen LogP contribution is 2.07. The van der Waals surface area contributed by atoms with Crippen molar-refractivity contribution in [3.8, 4) is 0 Å². The molecule has 1 aliphatic rings. The van der Waals surface area contributed by atoms with Crippen LogP contribution in [0.3, 0.4) is 0 Å². The minimum absolute atomic E-state index is 0.950. The number of aryl methyl sites for hydroxylation is 1. The third-order valence-electron chi connectivity index (χ3n) is 2.27. The first-order valence-electron chi connectivity index (χ1n) is 4.64. The first kappa shape index (κ1) is 8.30. The molecule has 0 amide bonds. The van der Waals surface area contributed by atoms with Crippen LogP contribution in [0.25, 0.3) is 0 Å². The van der Waals surface area contributed by atoms with E-state index in [9.17, 15) is 0 Å². The summed E-state index contributed by atoms with van der Waals surface area (Å²) in [5, 5.41) is 0. The van der Waals surface area contributed by atoms with Crippen LogP contribution in [0.15, 0.2) is 29.3 Å². The van der Waals surface area contributed by atoms with Gasteiger partial charge in [0.05, 0.1) is 12.9 Å². The van der Waals surface area contributed by atoms with E-state index in [1.54, 1.807) is 0 Å². The third kappa shape index (κ3) is 2.08. The highest BCUT2D eigenvalue weighted by molar-refractivity contribution is 5.57. The van der Waals surface area contributed by atoms with Crippen molar-refractivity contribution in [3.05, 3.63) is 35.4 Å². The quantitative estimate of drug-likeness (QED) is 0.668. The highest BCUT2D eigenvalue weighted by Gasteiger charge is 2.04. The lowest BCUT2D eigenvalue weighted by Crippen LogP contribution is -2.18. The van der Waals surface area contributed by atoms with Gasteiger partial charge in [0.2, 0.25) is 0 Å². The summed E-state index contributed by atoms with van der Waals surface area (Å²) in [5.74, 6) is 0. The molecule has 1 heterocycles. The summed E-state index contributed by atoms with van der Waals surface area (Å²) in [6, 6.07) is 8.67. The molecule has 0 spiro atoms. The minimum Gasteiger partial charge on any atom is -0.357 e. The molecule has 2 rings (SSSR count). The van der Waals surface area contributed by atoms with E-state index in [0.717, 1.165) is 19.6 Å². The molecule has 1 aromatic rings. The Hall–Kier alpha value is -1.31. The van der Waals surface area contributed by atoms with E-state index in [1.807, 2.05) is 6.34 Å². The van der Waals surface area contributed by atoms with Crippen LogP contribution in [0, 0.1) is 6.92 Å². The predicted molar refractivity (Wildman–Crippen MR) is 54.9 cm³/mol. The average molecular weight is 174 g/mol. The van der Waals surface area contributed by atoms with Crippen molar-refractivity contribution >= 4 is 6.34 Å². The van der Waals surface area contributed by atoms with Gasteiger partial charge in [0.15, 0.2) is 0 Å². The van der Waals surface area contributed by atoms with Crippen LogP contribution in [0.4, 0.5) is 0 Å². The first-order valence-corrected chi connectivity index (χ1v) is 4.64. The number of rotatable bonds is 2. The van der Waals surface area contributed by atoms with E-state index in [0.29, 0.717) is 0 Å². The second-order valence-electron chi connectivity index (χ2n) is 3.48. The van der Waals surface area contributed by atoms with Gasteiger partial charge < -0.3 is 4.90 Å². The Kier molecular flexibility index (Phi) is 2.30. The zero-order valence-corrected chi connectivity index (χ0v) is 7.90. The largest absolute Gasteiger partial charge is 0.357 e. The van der Waals surface area contributed by atoms with Gasteiger partial charge in [-0.15, -0.1) is 0 Å². The lowest BCUT2D eigenvalue weighted by molar-refractivity contribution is 0.463. The Balaban J connectivity index is 2.01. The van der Waals surface area contributed by atoms with Crippen molar-refractivity contribution in [2.45, 2.75) is 13.5 Å². The number of nitrogens with zero attached hydrogens (tertiary/aromatic N) is 2. The molecule has 0 saturated heterocycles. The van der Waals surface area contributed by atoms with E-state index in [2.05, 4.69) is 41.1 Å². The summed E-state index contributed by atoms with van der Waals surface area (Å²) in [6.07, 6.45) is 1.94. The molecule has 0 unspecified atom stereocenters. The summed E-state index contributed by atoms with van der Waals surface area (Å²) < 4.78 is 0. The Morgan fingerprint density at radius 3 is 2.69 bits per heavy atom. The lowest BCUT2D eigenvalue weighted by Gasteiger charge is -2.13. The summed E-state index contributed by atoms with van der Waals surface area (Å²) in [6.45, 7) is 5.12. The van der Waals surface area contributed by atoms with Crippen LogP contribution in [0.1, 0.15) is 11.1 Å². The van der Waals surface area contributed by atoms with Gasteiger partial charge in [-0.05, 0) is 12.5 Å². The van der Waals surface area contributed by atoms with Crippen LogP contribution in [0.5, 0.6) is 0 Å². The lowest BCUT2D eigenvalue weighted by atomic mass is 10.1. The van der Waals surface area contributed by atoms with Gasteiger partial charge >= 0.3 is 0 Å². The van der Waals surface area contributed by atoms with Crippen LogP contribution < -0.4 is 0 Å². The molecular formula is C11H14N2.